The van der Waals surface area contributed by atoms with E-state index in [0.29, 0.717) is 23.9 Å². The number of likely N-dealkylation sites (N-methyl/N-ethyl adjacent to an activating group) is 1. The Hall–Kier alpha value is -1.17. The monoisotopic (exact) mass is 299 g/mol. The molecule has 112 valence electrons. The van der Waals surface area contributed by atoms with Gasteiger partial charge in [0.1, 0.15) is 5.82 Å². The Labute approximate surface area is 125 Å². The number of hydrogen-bond donors (Lipinski definition) is 2. The van der Waals surface area contributed by atoms with Gasteiger partial charge in [0.25, 0.3) is 0 Å². The van der Waals surface area contributed by atoms with Crippen molar-refractivity contribution in [2.24, 2.45) is 0 Å². The molecular weight excluding hydrogens is 278 g/mol. The summed E-state index contributed by atoms with van der Waals surface area (Å²) in [5, 5.41) is 13.1. The molecule has 0 aliphatic rings. The molecule has 0 aromatic carbocycles. The quantitative estimate of drug-likeness (QED) is 0.845. The van der Waals surface area contributed by atoms with Crippen LogP contribution in [0, 0.1) is 0 Å². The van der Waals surface area contributed by atoms with Gasteiger partial charge in [-0.05, 0) is 39.4 Å². The van der Waals surface area contributed by atoms with E-state index in [9.17, 15) is 9.90 Å². The van der Waals surface area contributed by atoms with Crippen LogP contribution in [0.25, 0.3) is 0 Å². The van der Waals surface area contributed by atoms with E-state index < -0.39 is 5.60 Å². The van der Waals surface area contributed by atoms with E-state index in [2.05, 4.69) is 10.3 Å². The SMILES string of the molecule is CCN(CC(C)(C)O)C(C)C(=O)Nc1ccc(Cl)cn1. The smallest absolute Gasteiger partial charge is 0.242 e. The van der Waals surface area contributed by atoms with E-state index in [-0.39, 0.29) is 11.9 Å². The zero-order chi connectivity index (χ0) is 15.3. The Morgan fingerprint density at radius 2 is 2.20 bits per heavy atom. The van der Waals surface area contributed by atoms with Crippen LogP contribution in [0.2, 0.25) is 5.02 Å². The summed E-state index contributed by atoms with van der Waals surface area (Å²) >= 11 is 5.75. The maximum atomic E-state index is 12.2. The summed E-state index contributed by atoms with van der Waals surface area (Å²) in [6.45, 7) is 8.30. The van der Waals surface area contributed by atoms with Gasteiger partial charge >= 0.3 is 0 Å². The second kappa shape index (κ2) is 7.02. The van der Waals surface area contributed by atoms with Gasteiger partial charge in [0.2, 0.25) is 5.91 Å². The number of nitrogens with one attached hydrogen (secondary N) is 1. The third-order valence-electron chi connectivity index (χ3n) is 2.90. The molecule has 1 heterocycles. The average Bonchev–Trinajstić information content (AvgIpc) is 2.36. The Kier molecular flexibility index (Phi) is 5.92. The molecule has 1 atom stereocenters. The number of rotatable bonds is 6. The topological polar surface area (TPSA) is 65.5 Å². The average molecular weight is 300 g/mol. The highest BCUT2D eigenvalue weighted by molar-refractivity contribution is 6.30. The van der Waals surface area contributed by atoms with Crippen molar-refractivity contribution in [2.45, 2.75) is 39.3 Å². The van der Waals surface area contributed by atoms with Crippen molar-refractivity contribution < 1.29 is 9.90 Å². The highest BCUT2D eigenvalue weighted by atomic mass is 35.5. The second-order valence-corrected chi connectivity index (χ2v) is 5.84. The van der Waals surface area contributed by atoms with Crippen molar-refractivity contribution in [3.05, 3.63) is 23.4 Å². The van der Waals surface area contributed by atoms with E-state index >= 15 is 0 Å². The normalized spacial score (nSPS) is 13.3. The molecule has 0 bridgehead atoms. The van der Waals surface area contributed by atoms with Crippen LogP contribution in [0.5, 0.6) is 0 Å². The fourth-order valence-corrected chi connectivity index (χ4v) is 1.98. The van der Waals surface area contributed by atoms with Gasteiger partial charge in [-0.1, -0.05) is 18.5 Å². The molecule has 20 heavy (non-hydrogen) atoms. The molecule has 1 aromatic rings. The molecular formula is C14H22ClN3O2. The zero-order valence-corrected chi connectivity index (χ0v) is 13.1. The number of pyridine rings is 1. The van der Waals surface area contributed by atoms with Crippen molar-refractivity contribution in [3.63, 3.8) is 0 Å². The number of anilines is 1. The largest absolute Gasteiger partial charge is 0.389 e. The highest BCUT2D eigenvalue weighted by Gasteiger charge is 2.25. The van der Waals surface area contributed by atoms with Gasteiger partial charge in [-0.25, -0.2) is 4.98 Å². The number of aromatic nitrogens is 1. The van der Waals surface area contributed by atoms with Crippen LogP contribution in [0.3, 0.4) is 0 Å². The third-order valence-corrected chi connectivity index (χ3v) is 3.13. The van der Waals surface area contributed by atoms with Crippen LogP contribution in [0.4, 0.5) is 5.82 Å². The van der Waals surface area contributed by atoms with Crippen LogP contribution in [-0.2, 0) is 4.79 Å². The Morgan fingerprint density at radius 3 is 2.65 bits per heavy atom. The minimum atomic E-state index is -0.844. The van der Waals surface area contributed by atoms with Gasteiger partial charge in [0.05, 0.1) is 16.7 Å². The van der Waals surface area contributed by atoms with Gasteiger partial charge in [-0.3, -0.25) is 9.69 Å². The molecule has 0 saturated carbocycles. The maximum absolute atomic E-state index is 12.2. The van der Waals surface area contributed by atoms with Crippen LogP contribution in [0.1, 0.15) is 27.7 Å². The Bertz CT molecular complexity index is 443. The minimum Gasteiger partial charge on any atom is -0.389 e. The lowest BCUT2D eigenvalue weighted by Crippen LogP contribution is -2.48. The summed E-state index contributed by atoms with van der Waals surface area (Å²) < 4.78 is 0. The first kappa shape index (κ1) is 16.9. The summed E-state index contributed by atoms with van der Waals surface area (Å²) in [5.41, 5.74) is -0.844. The predicted octanol–water partition coefficient (Wildman–Crippen LogP) is 2.15. The molecule has 0 radical (unpaired) electrons. The first-order valence-electron chi connectivity index (χ1n) is 6.62. The van der Waals surface area contributed by atoms with E-state index in [4.69, 9.17) is 11.6 Å². The number of aliphatic hydroxyl groups is 1. The van der Waals surface area contributed by atoms with E-state index in [1.54, 1.807) is 32.9 Å². The van der Waals surface area contributed by atoms with Crippen molar-refractivity contribution in [3.8, 4) is 0 Å². The van der Waals surface area contributed by atoms with Crippen LogP contribution < -0.4 is 5.32 Å². The second-order valence-electron chi connectivity index (χ2n) is 5.40. The zero-order valence-electron chi connectivity index (χ0n) is 12.4. The molecule has 1 amide bonds. The highest BCUT2D eigenvalue weighted by Crippen LogP contribution is 2.12. The van der Waals surface area contributed by atoms with Crippen LogP contribution in [-0.4, -0.2) is 45.6 Å². The van der Waals surface area contributed by atoms with Crippen LogP contribution in [0.15, 0.2) is 18.3 Å². The van der Waals surface area contributed by atoms with Gasteiger partial charge in [0.15, 0.2) is 0 Å². The Balaban J connectivity index is 2.67. The first-order chi connectivity index (χ1) is 9.23. The standard InChI is InChI=1S/C14H22ClN3O2/c1-5-18(9-14(3,4)20)10(2)13(19)17-12-7-6-11(15)8-16-12/h6-8,10,20H,5,9H2,1-4H3,(H,16,17,19). The molecule has 0 spiro atoms. The Morgan fingerprint density at radius 1 is 1.55 bits per heavy atom. The third kappa shape index (κ3) is 5.45. The first-order valence-corrected chi connectivity index (χ1v) is 6.99. The van der Waals surface area contributed by atoms with Crippen molar-refractivity contribution in [1.29, 1.82) is 0 Å². The van der Waals surface area contributed by atoms with Gasteiger partial charge < -0.3 is 10.4 Å². The predicted molar refractivity (Wildman–Crippen MR) is 80.9 cm³/mol. The molecule has 1 aromatic heterocycles. The molecule has 2 N–H and O–H groups in total. The summed E-state index contributed by atoms with van der Waals surface area (Å²) in [4.78, 5) is 18.1. The lowest BCUT2D eigenvalue weighted by molar-refractivity contribution is -0.121. The number of nitrogens with zero attached hydrogens (tertiary/aromatic N) is 2. The maximum Gasteiger partial charge on any atom is 0.242 e. The van der Waals surface area contributed by atoms with E-state index in [1.165, 1.54) is 6.20 Å². The molecule has 0 fully saturated rings. The van der Waals surface area contributed by atoms with Gasteiger partial charge in [-0.15, -0.1) is 0 Å². The van der Waals surface area contributed by atoms with E-state index in [1.807, 2.05) is 11.8 Å². The number of amides is 1. The molecule has 1 rings (SSSR count). The fourth-order valence-electron chi connectivity index (χ4n) is 1.87. The van der Waals surface area contributed by atoms with Crippen molar-refractivity contribution in [1.82, 2.24) is 9.88 Å². The summed E-state index contributed by atoms with van der Waals surface area (Å²) in [6, 6.07) is 2.96. The summed E-state index contributed by atoms with van der Waals surface area (Å²) in [5.74, 6) is 0.302. The molecule has 1 unspecified atom stereocenters. The van der Waals surface area contributed by atoms with Crippen molar-refractivity contribution >= 4 is 23.3 Å². The van der Waals surface area contributed by atoms with Crippen molar-refractivity contribution in [2.75, 3.05) is 18.4 Å². The van der Waals surface area contributed by atoms with Crippen LogP contribution >= 0.6 is 11.6 Å². The number of halogens is 1. The molecule has 5 nitrogen and oxygen atoms in total. The lowest BCUT2D eigenvalue weighted by Gasteiger charge is -2.32. The van der Waals surface area contributed by atoms with E-state index in [0.717, 1.165) is 0 Å². The summed E-state index contributed by atoms with van der Waals surface area (Å²) in [6.07, 6.45) is 1.48. The summed E-state index contributed by atoms with van der Waals surface area (Å²) in [7, 11) is 0. The number of carbonyl (C=O) groups is 1. The fraction of sp³-hybridized carbons (Fsp3) is 0.571. The number of hydrogen-bond acceptors (Lipinski definition) is 4. The molecule has 0 aliphatic heterocycles. The number of carbonyl (C=O) groups excluding carboxylic acids is 1. The molecule has 0 aliphatic carbocycles. The minimum absolute atomic E-state index is 0.161. The molecule has 0 saturated heterocycles. The van der Waals surface area contributed by atoms with Gasteiger partial charge in [0, 0.05) is 12.7 Å². The lowest BCUT2D eigenvalue weighted by atomic mass is 10.1. The molecule has 6 heteroatoms. The van der Waals surface area contributed by atoms with Gasteiger partial charge in [-0.2, -0.15) is 0 Å².